The number of nitrogens with two attached hydrogens (primary N) is 1. The highest BCUT2D eigenvalue weighted by Gasteiger charge is 2.52. The van der Waals surface area contributed by atoms with Gasteiger partial charge in [-0.3, -0.25) is 0 Å². The van der Waals surface area contributed by atoms with Crippen molar-refractivity contribution >= 4 is 23.2 Å². The molecule has 0 saturated heterocycles. The Hall–Kier alpha value is -0.520. The quantitative estimate of drug-likeness (QED) is 0.670. The van der Waals surface area contributed by atoms with Gasteiger partial charge in [0.25, 0.3) is 0 Å². The van der Waals surface area contributed by atoms with Crippen LogP contribution in [0.25, 0.3) is 0 Å². The molecule has 0 unspecified atom stereocenters. The molecule has 0 bridgehead atoms. The van der Waals surface area contributed by atoms with Crippen molar-refractivity contribution in [2.75, 3.05) is 26.8 Å². The van der Waals surface area contributed by atoms with Crippen molar-refractivity contribution < 1.29 is 19.9 Å². The first kappa shape index (κ1) is 16.8. The van der Waals surface area contributed by atoms with E-state index in [1.807, 2.05) is 29.6 Å². The SMILES string of the molecule is COc1ccc(COC[C@@H](O)C[NH2+]C[C@H]2CC2(Cl)Cl)cc1. The van der Waals surface area contributed by atoms with Crippen LogP contribution in [0.5, 0.6) is 5.75 Å². The number of hydrogen-bond donors (Lipinski definition) is 2. The number of aliphatic hydroxyl groups excluding tert-OH is 1. The van der Waals surface area contributed by atoms with Gasteiger partial charge in [0.2, 0.25) is 0 Å². The van der Waals surface area contributed by atoms with Crippen LogP contribution in [0.3, 0.4) is 0 Å². The number of alkyl halides is 2. The highest BCUT2D eigenvalue weighted by atomic mass is 35.5. The smallest absolute Gasteiger partial charge is 0.127 e. The van der Waals surface area contributed by atoms with Crippen molar-refractivity contribution in [3.8, 4) is 5.75 Å². The second kappa shape index (κ2) is 7.65. The summed E-state index contributed by atoms with van der Waals surface area (Å²) in [7, 11) is 1.64. The molecule has 6 heteroatoms. The van der Waals surface area contributed by atoms with Crippen molar-refractivity contribution in [3.63, 3.8) is 0 Å². The summed E-state index contributed by atoms with van der Waals surface area (Å²) in [5.74, 6) is 1.16. The fourth-order valence-corrected chi connectivity index (χ4v) is 2.67. The molecule has 0 aromatic heterocycles. The van der Waals surface area contributed by atoms with Gasteiger partial charge in [0.05, 0.1) is 26.9 Å². The molecule has 1 fully saturated rings. The maximum atomic E-state index is 9.83. The van der Waals surface area contributed by atoms with Crippen LogP contribution in [0.2, 0.25) is 0 Å². The van der Waals surface area contributed by atoms with Gasteiger partial charge in [0.15, 0.2) is 0 Å². The van der Waals surface area contributed by atoms with Crippen molar-refractivity contribution in [2.24, 2.45) is 5.92 Å². The van der Waals surface area contributed by atoms with E-state index in [0.717, 1.165) is 24.3 Å². The number of rotatable bonds is 9. The number of halogens is 2. The van der Waals surface area contributed by atoms with E-state index in [0.29, 0.717) is 25.7 Å². The van der Waals surface area contributed by atoms with E-state index in [1.54, 1.807) is 7.11 Å². The van der Waals surface area contributed by atoms with Crippen LogP contribution in [-0.4, -0.2) is 42.4 Å². The average Bonchev–Trinajstić information content (AvgIpc) is 3.07. The normalized spacial score (nSPS) is 21.0. The molecule has 1 aromatic carbocycles. The molecular formula is C15H22Cl2NO3+. The first-order chi connectivity index (χ1) is 10.0. The van der Waals surface area contributed by atoms with Crippen molar-refractivity contribution in [3.05, 3.63) is 29.8 Å². The second-order valence-electron chi connectivity index (χ2n) is 5.44. The predicted molar refractivity (Wildman–Crippen MR) is 82.9 cm³/mol. The van der Waals surface area contributed by atoms with Crippen LogP contribution in [0.15, 0.2) is 24.3 Å². The van der Waals surface area contributed by atoms with Crippen LogP contribution >= 0.6 is 23.2 Å². The third kappa shape index (κ3) is 5.64. The Kier molecular flexibility index (Phi) is 6.14. The van der Waals surface area contributed by atoms with E-state index < -0.39 is 10.4 Å². The first-order valence-corrected chi connectivity index (χ1v) is 7.85. The van der Waals surface area contributed by atoms with Gasteiger partial charge in [-0.15, -0.1) is 23.2 Å². The van der Waals surface area contributed by atoms with Crippen LogP contribution in [-0.2, 0) is 11.3 Å². The number of methoxy groups -OCH3 is 1. The first-order valence-electron chi connectivity index (χ1n) is 7.09. The summed E-state index contributed by atoms with van der Waals surface area (Å²) < 4.78 is 10.1. The zero-order valence-electron chi connectivity index (χ0n) is 12.1. The molecule has 2 atom stereocenters. The van der Waals surface area contributed by atoms with E-state index in [9.17, 15) is 5.11 Å². The van der Waals surface area contributed by atoms with Crippen LogP contribution in [0.4, 0.5) is 0 Å². The molecule has 0 heterocycles. The summed E-state index contributed by atoms with van der Waals surface area (Å²) in [6.45, 7) is 2.25. The third-order valence-corrected chi connectivity index (χ3v) is 4.51. The Bertz CT molecular complexity index is 439. The van der Waals surface area contributed by atoms with Gasteiger partial charge in [0, 0.05) is 5.92 Å². The average molecular weight is 335 g/mol. The topological polar surface area (TPSA) is 55.3 Å². The molecule has 2 rings (SSSR count). The van der Waals surface area contributed by atoms with Gasteiger partial charge in [-0.1, -0.05) is 12.1 Å². The van der Waals surface area contributed by atoms with Crippen LogP contribution in [0.1, 0.15) is 12.0 Å². The van der Waals surface area contributed by atoms with Gasteiger partial charge < -0.3 is 19.9 Å². The lowest BCUT2D eigenvalue weighted by atomic mass is 10.2. The number of hydrogen-bond acceptors (Lipinski definition) is 3. The molecule has 0 radical (unpaired) electrons. The zero-order chi connectivity index (χ0) is 15.3. The van der Waals surface area contributed by atoms with Crippen molar-refractivity contribution in [1.29, 1.82) is 0 Å². The molecule has 1 aromatic rings. The summed E-state index contributed by atoms with van der Waals surface area (Å²) in [6.07, 6.45) is 0.360. The standard InChI is InChI=1S/C15H21Cl2NO3/c1-20-14-4-2-11(3-5-14)9-21-10-13(19)8-18-7-12-6-15(12,16)17/h2-5,12-13,18-19H,6-10H2,1H3/p+1/t12-,13+/m1/s1. The highest BCUT2D eigenvalue weighted by Crippen LogP contribution is 2.52. The molecule has 1 aliphatic rings. The van der Waals surface area contributed by atoms with Gasteiger partial charge >= 0.3 is 0 Å². The monoisotopic (exact) mass is 334 g/mol. The summed E-state index contributed by atoms with van der Waals surface area (Å²) in [4.78, 5) is 0. The second-order valence-corrected chi connectivity index (χ2v) is 6.98. The number of ether oxygens (including phenoxy) is 2. The molecule has 21 heavy (non-hydrogen) atoms. The molecule has 1 saturated carbocycles. The van der Waals surface area contributed by atoms with Gasteiger partial charge in [0.1, 0.15) is 22.7 Å². The maximum absolute atomic E-state index is 9.83. The van der Waals surface area contributed by atoms with E-state index in [-0.39, 0.29) is 0 Å². The Morgan fingerprint density at radius 2 is 2.05 bits per heavy atom. The van der Waals surface area contributed by atoms with Crippen LogP contribution < -0.4 is 10.1 Å². The Morgan fingerprint density at radius 3 is 2.62 bits per heavy atom. The van der Waals surface area contributed by atoms with Crippen LogP contribution in [0, 0.1) is 5.92 Å². The van der Waals surface area contributed by atoms with Gasteiger partial charge in [-0.25, -0.2) is 0 Å². The largest absolute Gasteiger partial charge is 0.497 e. The van der Waals surface area contributed by atoms with Crippen molar-refractivity contribution in [2.45, 2.75) is 23.5 Å². The summed E-state index contributed by atoms with van der Waals surface area (Å²) in [5, 5.41) is 11.9. The number of aliphatic hydroxyl groups is 1. The van der Waals surface area contributed by atoms with E-state index in [2.05, 4.69) is 0 Å². The minimum Gasteiger partial charge on any atom is -0.497 e. The minimum atomic E-state index is -0.535. The number of quaternary nitrogens is 1. The summed E-state index contributed by atoms with van der Waals surface area (Å²) in [5.41, 5.74) is 1.05. The molecule has 118 valence electrons. The Labute approximate surface area is 135 Å². The zero-order valence-corrected chi connectivity index (χ0v) is 13.6. The number of benzene rings is 1. The van der Waals surface area contributed by atoms with E-state index >= 15 is 0 Å². The van der Waals surface area contributed by atoms with E-state index in [1.165, 1.54) is 0 Å². The summed E-state index contributed by atoms with van der Waals surface area (Å²) in [6, 6.07) is 7.68. The molecule has 1 aliphatic carbocycles. The molecular weight excluding hydrogens is 313 g/mol. The Morgan fingerprint density at radius 1 is 1.38 bits per heavy atom. The fourth-order valence-electron chi connectivity index (χ4n) is 2.12. The maximum Gasteiger partial charge on any atom is 0.127 e. The predicted octanol–water partition coefficient (Wildman–Crippen LogP) is 1.33. The third-order valence-electron chi connectivity index (χ3n) is 3.58. The van der Waals surface area contributed by atoms with E-state index in [4.69, 9.17) is 32.7 Å². The highest BCUT2D eigenvalue weighted by molar-refractivity contribution is 6.50. The lowest BCUT2D eigenvalue weighted by Crippen LogP contribution is -2.87. The van der Waals surface area contributed by atoms with Crippen molar-refractivity contribution in [1.82, 2.24) is 0 Å². The lowest BCUT2D eigenvalue weighted by molar-refractivity contribution is -0.663. The molecule has 0 spiro atoms. The molecule has 3 N–H and O–H groups in total. The minimum absolute atomic E-state index is 0.320. The lowest BCUT2D eigenvalue weighted by Gasteiger charge is -2.11. The van der Waals surface area contributed by atoms with Gasteiger partial charge in [-0.05, 0) is 24.1 Å². The molecule has 0 aliphatic heterocycles. The fraction of sp³-hybridized carbons (Fsp3) is 0.600. The Balaban J connectivity index is 1.55. The molecule has 0 amide bonds. The molecule has 4 nitrogen and oxygen atoms in total. The van der Waals surface area contributed by atoms with Gasteiger partial charge in [-0.2, -0.15) is 0 Å². The summed E-state index contributed by atoms with van der Waals surface area (Å²) >= 11 is 11.9.